The van der Waals surface area contributed by atoms with Crippen LogP contribution >= 0.6 is 15.9 Å². The lowest BCUT2D eigenvalue weighted by atomic mass is 10.1. The van der Waals surface area contributed by atoms with Gasteiger partial charge >= 0.3 is 12.3 Å². The molecule has 118 valence electrons. The predicted molar refractivity (Wildman–Crippen MR) is 64.2 cm³/mol. The fourth-order valence-electron chi connectivity index (χ4n) is 1.49. The smallest absolute Gasteiger partial charge is 0.469 e. The van der Waals surface area contributed by atoms with Crippen molar-refractivity contribution in [1.29, 1.82) is 0 Å². The van der Waals surface area contributed by atoms with Gasteiger partial charge in [-0.1, -0.05) is 15.9 Å². The molecule has 0 aromatic carbocycles. The Hall–Kier alpha value is -1.45. The number of alkyl halides is 6. The van der Waals surface area contributed by atoms with Crippen LogP contribution in [0.25, 0.3) is 0 Å². The first-order chi connectivity index (χ1) is 9.69. The van der Waals surface area contributed by atoms with Crippen molar-refractivity contribution in [3.05, 3.63) is 23.0 Å². The second kappa shape index (κ2) is 7.01. The maximum absolute atomic E-state index is 13.1. The zero-order valence-corrected chi connectivity index (χ0v) is 12.1. The van der Waals surface area contributed by atoms with Crippen LogP contribution in [0.4, 0.5) is 22.0 Å². The molecule has 0 amide bonds. The monoisotopic (exact) mass is 377 g/mol. The van der Waals surface area contributed by atoms with E-state index in [-0.39, 0.29) is 10.9 Å². The molecule has 0 saturated carbocycles. The quantitative estimate of drug-likeness (QED) is 0.447. The van der Waals surface area contributed by atoms with Crippen LogP contribution in [0.2, 0.25) is 0 Å². The molecule has 0 fully saturated rings. The fourth-order valence-corrected chi connectivity index (χ4v) is 1.89. The standard InChI is InChI=1S/C11H9BrF5NO3/c1-20-7(19)2-6-8(10(13)14)9(21-11(15,16)17)5(3-12)4-18-6/h4,10H,2-3H2,1H3. The van der Waals surface area contributed by atoms with E-state index in [0.717, 1.165) is 13.3 Å². The van der Waals surface area contributed by atoms with E-state index in [0.29, 0.717) is 0 Å². The van der Waals surface area contributed by atoms with Crippen molar-refractivity contribution in [1.82, 2.24) is 4.98 Å². The van der Waals surface area contributed by atoms with Crippen molar-refractivity contribution in [2.45, 2.75) is 24.5 Å². The van der Waals surface area contributed by atoms with E-state index in [4.69, 9.17) is 0 Å². The molecule has 10 heteroatoms. The van der Waals surface area contributed by atoms with E-state index < -0.39 is 42.2 Å². The average Bonchev–Trinajstić information content (AvgIpc) is 2.36. The van der Waals surface area contributed by atoms with Gasteiger partial charge in [0.25, 0.3) is 6.43 Å². The molecular weight excluding hydrogens is 369 g/mol. The van der Waals surface area contributed by atoms with Crippen molar-refractivity contribution >= 4 is 21.9 Å². The van der Waals surface area contributed by atoms with Gasteiger partial charge in [-0.2, -0.15) is 0 Å². The van der Waals surface area contributed by atoms with Gasteiger partial charge in [-0.05, 0) is 0 Å². The highest BCUT2D eigenvalue weighted by Crippen LogP contribution is 2.38. The molecule has 4 nitrogen and oxygen atoms in total. The SMILES string of the molecule is COC(=O)Cc1ncc(CBr)c(OC(F)(F)F)c1C(F)F. The van der Waals surface area contributed by atoms with Gasteiger partial charge in [-0.3, -0.25) is 9.78 Å². The van der Waals surface area contributed by atoms with Crippen molar-refractivity contribution in [2.75, 3.05) is 7.11 Å². The number of methoxy groups -OCH3 is 1. The molecule has 0 aliphatic carbocycles. The number of rotatable bonds is 5. The minimum absolute atomic E-state index is 0.177. The first kappa shape index (κ1) is 17.6. The average molecular weight is 378 g/mol. The van der Waals surface area contributed by atoms with Crippen molar-refractivity contribution < 1.29 is 36.2 Å². The van der Waals surface area contributed by atoms with Crippen LogP contribution in [0.15, 0.2) is 6.20 Å². The summed E-state index contributed by atoms with van der Waals surface area (Å²) < 4.78 is 71.2. The molecule has 1 heterocycles. The predicted octanol–water partition coefficient (Wildman–Crippen LogP) is 3.53. The molecule has 0 bridgehead atoms. The van der Waals surface area contributed by atoms with Crippen LogP contribution in [-0.2, 0) is 21.3 Å². The molecule has 0 aliphatic rings. The zero-order valence-electron chi connectivity index (χ0n) is 10.5. The summed E-state index contributed by atoms with van der Waals surface area (Å²) in [6.45, 7) is 0. The Bertz CT molecular complexity index is 521. The van der Waals surface area contributed by atoms with Crippen LogP contribution in [0.3, 0.4) is 0 Å². The zero-order chi connectivity index (χ0) is 16.2. The number of hydrogen-bond acceptors (Lipinski definition) is 4. The van der Waals surface area contributed by atoms with E-state index >= 15 is 0 Å². The Morgan fingerprint density at radius 3 is 2.48 bits per heavy atom. The second-order valence-corrected chi connectivity index (χ2v) is 4.27. The minimum atomic E-state index is -5.15. The number of halogens is 6. The number of hydrogen-bond donors (Lipinski definition) is 0. The number of aromatic nitrogens is 1. The first-order valence-corrected chi connectivity index (χ1v) is 6.49. The molecular formula is C11H9BrF5NO3. The lowest BCUT2D eigenvalue weighted by Gasteiger charge is -2.18. The van der Waals surface area contributed by atoms with Gasteiger partial charge in [0, 0.05) is 17.1 Å². The highest BCUT2D eigenvalue weighted by molar-refractivity contribution is 9.08. The topological polar surface area (TPSA) is 48.4 Å². The summed E-state index contributed by atoms with van der Waals surface area (Å²) in [6, 6.07) is 0. The van der Waals surface area contributed by atoms with Crippen LogP contribution in [0, 0.1) is 0 Å². The van der Waals surface area contributed by atoms with E-state index in [2.05, 4.69) is 30.4 Å². The Morgan fingerprint density at radius 1 is 1.43 bits per heavy atom. The number of carbonyl (C=O) groups excluding carboxylic acids is 1. The van der Waals surface area contributed by atoms with E-state index in [1.54, 1.807) is 0 Å². The second-order valence-electron chi connectivity index (χ2n) is 3.71. The summed E-state index contributed by atoms with van der Waals surface area (Å²) in [5.41, 5.74) is -1.81. The number of esters is 1. The normalized spacial score (nSPS) is 11.6. The lowest BCUT2D eigenvalue weighted by molar-refractivity contribution is -0.275. The third kappa shape index (κ3) is 4.80. The molecule has 0 radical (unpaired) electrons. The Morgan fingerprint density at radius 2 is 2.05 bits per heavy atom. The van der Waals surface area contributed by atoms with Crippen LogP contribution in [-0.4, -0.2) is 24.4 Å². The highest BCUT2D eigenvalue weighted by atomic mass is 79.9. The molecule has 1 aromatic heterocycles. The number of carbonyl (C=O) groups is 1. The van der Waals surface area contributed by atoms with Crippen molar-refractivity contribution in [3.8, 4) is 5.75 Å². The van der Waals surface area contributed by atoms with Crippen molar-refractivity contribution in [2.24, 2.45) is 0 Å². The van der Waals surface area contributed by atoms with Gasteiger partial charge in [0.15, 0.2) is 0 Å². The summed E-state index contributed by atoms with van der Waals surface area (Å²) in [5, 5.41) is -0.177. The molecule has 1 rings (SSSR count). The van der Waals surface area contributed by atoms with E-state index in [9.17, 15) is 26.7 Å². The maximum atomic E-state index is 13.1. The lowest BCUT2D eigenvalue weighted by Crippen LogP contribution is -2.21. The maximum Gasteiger partial charge on any atom is 0.573 e. The summed E-state index contributed by atoms with van der Waals surface area (Å²) in [7, 11) is 1.02. The van der Waals surface area contributed by atoms with Gasteiger partial charge in [0.05, 0.1) is 24.8 Å². The summed E-state index contributed by atoms with van der Waals surface area (Å²) in [6.07, 6.45) is -8.20. The largest absolute Gasteiger partial charge is 0.573 e. The van der Waals surface area contributed by atoms with Crippen LogP contribution in [0.1, 0.15) is 23.2 Å². The van der Waals surface area contributed by atoms with Crippen LogP contribution in [0.5, 0.6) is 5.75 Å². The van der Waals surface area contributed by atoms with Gasteiger partial charge in [0.2, 0.25) is 0 Å². The van der Waals surface area contributed by atoms with Gasteiger partial charge < -0.3 is 9.47 Å². The summed E-state index contributed by atoms with van der Waals surface area (Å²) in [4.78, 5) is 14.7. The number of nitrogens with zero attached hydrogens (tertiary/aromatic N) is 1. The fraction of sp³-hybridized carbons (Fsp3) is 0.455. The van der Waals surface area contributed by atoms with E-state index in [1.165, 1.54) is 0 Å². The molecule has 21 heavy (non-hydrogen) atoms. The third-order valence-corrected chi connectivity index (χ3v) is 2.95. The summed E-state index contributed by atoms with van der Waals surface area (Å²) >= 11 is 2.86. The molecule has 0 spiro atoms. The Labute approximate surface area is 124 Å². The number of pyridine rings is 1. The molecule has 0 atom stereocenters. The third-order valence-electron chi connectivity index (χ3n) is 2.34. The van der Waals surface area contributed by atoms with Crippen LogP contribution < -0.4 is 4.74 Å². The molecule has 0 unspecified atom stereocenters. The van der Waals surface area contributed by atoms with E-state index in [1.807, 2.05) is 0 Å². The molecule has 1 aromatic rings. The molecule has 0 N–H and O–H groups in total. The van der Waals surface area contributed by atoms with Crippen molar-refractivity contribution in [3.63, 3.8) is 0 Å². The Kier molecular flexibility index (Phi) is 5.87. The summed E-state index contributed by atoms with van der Waals surface area (Å²) in [5.74, 6) is -1.96. The number of ether oxygens (including phenoxy) is 2. The molecule has 0 saturated heterocycles. The molecule has 0 aliphatic heterocycles. The van der Waals surface area contributed by atoms with Gasteiger partial charge in [-0.25, -0.2) is 8.78 Å². The Balaban J connectivity index is 3.41. The first-order valence-electron chi connectivity index (χ1n) is 5.37. The van der Waals surface area contributed by atoms with Gasteiger partial charge in [0.1, 0.15) is 5.75 Å². The van der Waals surface area contributed by atoms with Gasteiger partial charge in [-0.15, -0.1) is 13.2 Å². The highest BCUT2D eigenvalue weighted by Gasteiger charge is 2.36. The minimum Gasteiger partial charge on any atom is -0.469 e.